The van der Waals surface area contributed by atoms with Crippen molar-refractivity contribution in [1.29, 1.82) is 0 Å². The Morgan fingerprint density at radius 2 is 1.59 bits per heavy atom. The highest BCUT2D eigenvalue weighted by Gasteiger charge is 2.31. The fourth-order valence-electron chi connectivity index (χ4n) is 2.59. The second kappa shape index (κ2) is 11.2. The Hall–Kier alpha value is -3.55. The van der Waals surface area contributed by atoms with Crippen LogP contribution in [0.1, 0.15) is 56.5 Å². The lowest BCUT2D eigenvalue weighted by molar-refractivity contribution is -0.158. The molecule has 2 aromatic rings. The number of ether oxygens (including phenoxy) is 3. The SMILES string of the molecule is CCOC(=O)C(C)(C)Oc1ccc(OC/C(N)=N/OC(=O)c2ccc(C(C)C)cc2)cc1. The molecule has 2 N–H and O–H groups in total. The predicted octanol–water partition coefficient (Wildman–Crippen LogP) is 4.04. The molecule has 32 heavy (non-hydrogen) atoms. The fraction of sp³-hybridized carbons (Fsp3) is 0.375. The van der Waals surface area contributed by atoms with Crippen LogP contribution in [0.25, 0.3) is 0 Å². The van der Waals surface area contributed by atoms with Crippen LogP contribution < -0.4 is 15.2 Å². The molecule has 2 rings (SSSR count). The van der Waals surface area contributed by atoms with Crippen molar-refractivity contribution in [3.05, 3.63) is 59.7 Å². The second-order valence-electron chi connectivity index (χ2n) is 7.83. The molecule has 0 fully saturated rings. The lowest BCUT2D eigenvalue weighted by Crippen LogP contribution is -2.39. The zero-order valence-corrected chi connectivity index (χ0v) is 19.1. The molecular weight excluding hydrogens is 412 g/mol. The summed E-state index contributed by atoms with van der Waals surface area (Å²) in [4.78, 5) is 28.9. The minimum atomic E-state index is -1.12. The van der Waals surface area contributed by atoms with Crippen molar-refractivity contribution in [3.8, 4) is 11.5 Å². The Kier molecular flexibility index (Phi) is 8.63. The first-order valence-electron chi connectivity index (χ1n) is 10.3. The van der Waals surface area contributed by atoms with Gasteiger partial charge in [0, 0.05) is 0 Å². The summed E-state index contributed by atoms with van der Waals surface area (Å²) in [5, 5.41) is 3.62. The van der Waals surface area contributed by atoms with Crippen LogP contribution in [0.4, 0.5) is 0 Å². The van der Waals surface area contributed by atoms with Gasteiger partial charge in [-0.05, 0) is 68.7 Å². The van der Waals surface area contributed by atoms with Gasteiger partial charge in [-0.2, -0.15) is 0 Å². The van der Waals surface area contributed by atoms with Gasteiger partial charge in [0.2, 0.25) is 0 Å². The van der Waals surface area contributed by atoms with E-state index in [1.165, 1.54) is 0 Å². The van der Waals surface area contributed by atoms with Crippen LogP contribution in [0.5, 0.6) is 11.5 Å². The van der Waals surface area contributed by atoms with Gasteiger partial charge < -0.3 is 24.8 Å². The molecule has 0 saturated heterocycles. The number of hydrogen-bond acceptors (Lipinski definition) is 7. The first kappa shape index (κ1) is 24.7. The van der Waals surface area contributed by atoms with Crippen molar-refractivity contribution in [1.82, 2.24) is 0 Å². The molecule has 0 heterocycles. The van der Waals surface area contributed by atoms with Crippen LogP contribution in [0.3, 0.4) is 0 Å². The number of amidine groups is 1. The minimum absolute atomic E-state index is 0.000853. The molecule has 2 aromatic carbocycles. The topological polar surface area (TPSA) is 109 Å². The van der Waals surface area contributed by atoms with E-state index in [0.717, 1.165) is 5.56 Å². The molecule has 0 aliphatic carbocycles. The summed E-state index contributed by atoms with van der Waals surface area (Å²) in [6, 6.07) is 13.8. The van der Waals surface area contributed by atoms with Crippen molar-refractivity contribution in [2.75, 3.05) is 13.2 Å². The maximum Gasteiger partial charge on any atom is 0.365 e. The number of nitrogens with zero attached hydrogens (tertiary/aromatic N) is 1. The first-order chi connectivity index (χ1) is 15.1. The number of carbonyl (C=O) groups is 2. The standard InChI is InChI=1S/C24H30N2O6/c1-6-29-23(28)24(4,5)31-20-13-11-19(12-14-20)30-15-21(25)26-32-22(27)18-9-7-17(8-10-18)16(2)3/h7-14,16H,6,15H2,1-5H3,(H2,25,26). The lowest BCUT2D eigenvalue weighted by atomic mass is 10.0. The van der Waals surface area contributed by atoms with Crippen LogP contribution in [0, 0.1) is 0 Å². The molecule has 8 heteroatoms. The molecule has 0 aromatic heterocycles. The van der Waals surface area contributed by atoms with Gasteiger partial charge >= 0.3 is 11.9 Å². The molecule has 8 nitrogen and oxygen atoms in total. The zero-order chi connectivity index (χ0) is 23.7. The van der Waals surface area contributed by atoms with Crippen molar-refractivity contribution in [3.63, 3.8) is 0 Å². The number of nitrogens with two attached hydrogens (primary N) is 1. The van der Waals surface area contributed by atoms with Gasteiger partial charge in [-0.25, -0.2) is 9.59 Å². The fourth-order valence-corrected chi connectivity index (χ4v) is 2.59. The number of benzene rings is 2. The molecule has 0 unspecified atom stereocenters. The maximum atomic E-state index is 12.1. The average molecular weight is 443 g/mol. The summed E-state index contributed by atoms with van der Waals surface area (Å²) in [5.41, 5.74) is 6.15. The molecule has 0 aliphatic heterocycles. The van der Waals surface area contributed by atoms with Crippen molar-refractivity contribution >= 4 is 17.8 Å². The maximum absolute atomic E-state index is 12.1. The third-order valence-electron chi connectivity index (χ3n) is 4.41. The van der Waals surface area contributed by atoms with Crippen LogP contribution in [-0.2, 0) is 14.4 Å². The third kappa shape index (κ3) is 7.30. The van der Waals surface area contributed by atoms with E-state index < -0.39 is 17.5 Å². The Morgan fingerprint density at radius 3 is 2.16 bits per heavy atom. The smallest absolute Gasteiger partial charge is 0.365 e. The van der Waals surface area contributed by atoms with Gasteiger partial charge in [-0.15, -0.1) is 0 Å². The minimum Gasteiger partial charge on any atom is -0.486 e. The van der Waals surface area contributed by atoms with E-state index >= 15 is 0 Å². The summed E-state index contributed by atoms with van der Waals surface area (Å²) >= 11 is 0. The molecule has 0 bridgehead atoms. The normalized spacial score (nSPS) is 11.8. The van der Waals surface area contributed by atoms with E-state index in [9.17, 15) is 9.59 Å². The average Bonchev–Trinajstić information content (AvgIpc) is 2.77. The quantitative estimate of drug-likeness (QED) is 0.194. The van der Waals surface area contributed by atoms with E-state index in [2.05, 4.69) is 19.0 Å². The molecule has 0 aliphatic rings. The van der Waals surface area contributed by atoms with Gasteiger partial charge in [0.15, 0.2) is 11.4 Å². The van der Waals surface area contributed by atoms with Gasteiger partial charge in [-0.3, -0.25) is 0 Å². The molecule has 0 radical (unpaired) electrons. The van der Waals surface area contributed by atoms with E-state index in [4.69, 9.17) is 24.8 Å². The molecule has 0 amide bonds. The van der Waals surface area contributed by atoms with Gasteiger partial charge in [-0.1, -0.05) is 31.1 Å². The molecule has 0 spiro atoms. The highest BCUT2D eigenvalue weighted by molar-refractivity contribution is 5.90. The van der Waals surface area contributed by atoms with Crippen molar-refractivity contribution in [2.45, 2.75) is 46.1 Å². The lowest BCUT2D eigenvalue weighted by Gasteiger charge is -2.24. The van der Waals surface area contributed by atoms with Crippen LogP contribution in [-0.4, -0.2) is 36.6 Å². The number of carbonyl (C=O) groups excluding carboxylic acids is 2. The number of rotatable bonds is 10. The van der Waals surface area contributed by atoms with E-state index in [1.54, 1.807) is 57.2 Å². The van der Waals surface area contributed by atoms with Crippen LogP contribution in [0.15, 0.2) is 53.7 Å². The monoisotopic (exact) mass is 442 g/mol. The van der Waals surface area contributed by atoms with Gasteiger partial charge in [0.1, 0.15) is 18.1 Å². The Morgan fingerprint density at radius 1 is 1.00 bits per heavy atom. The van der Waals surface area contributed by atoms with Gasteiger partial charge in [0.05, 0.1) is 12.2 Å². The van der Waals surface area contributed by atoms with E-state index in [0.29, 0.717) is 23.0 Å². The van der Waals surface area contributed by atoms with Crippen LogP contribution in [0.2, 0.25) is 0 Å². The van der Waals surface area contributed by atoms with Crippen molar-refractivity contribution < 1.29 is 28.6 Å². The second-order valence-corrected chi connectivity index (χ2v) is 7.83. The molecular formula is C24H30N2O6. The van der Waals surface area contributed by atoms with Crippen LogP contribution >= 0.6 is 0 Å². The van der Waals surface area contributed by atoms with Gasteiger partial charge in [0.25, 0.3) is 0 Å². The predicted molar refractivity (Wildman–Crippen MR) is 121 cm³/mol. The number of hydrogen-bond donors (Lipinski definition) is 1. The Bertz CT molecular complexity index is 934. The van der Waals surface area contributed by atoms with E-state index in [-0.39, 0.29) is 19.0 Å². The third-order valence-corrected chi connectivity index (χ3v) is 4.41. The summed E-state index contributed by atoms with van der Waals surface area (Å²) < 4.78 is 16.2. The molecule has 0 atom stereocenters. The highest BCUT2D eigenvalue weighted by Crippen LogP contribution is 2.23. The number of oxime groups is 1. The number of esters is 1. The summed E-state index contributed by atoms with van der Waals surface area (Å²) in [6.07, 6.45) is 0. The summed E-state index contributed by atoms with van der Waals surface area (Å²) in [5.74, 6) is 0.301. The zero-order valence-electron chi connectivity index (χ0n) is 19.1. The Balaban J connectivity index is 1.85. The summed E-state index contributed by atoms with van der Waals surface area (Å²) in [6.45, 7) is 9.35. The Labute approximate surface area is 188 Å². The van der Waals surface area contributed by atoms with Crippen molar-refractivity contribution in [2.24, 2.45) is 10.9 Å². The highest BCUT2D eigenvalue weighted by atomic mass is 16.7. The largest absolute Gasteiger partial charge is 0.486 e. The first-order valence-corrected chi connectivity index (χ1v) is 10.3. The molecule has 0 saturated carbocycles. The summed E-state index contributed by atoms with van der Waals surface area (Å²) in [7, 11) is 0. The molecule has 172 valence electrons. The van der Waals surface area contributed by atoms with E-state index in [1.807, 2.05) is 12.1 Å².